The summed E-state index contributed by atoms with van der Waals surface area (Å²) in [6, 6.07) is 3.80. The molecule has 0 radical (unpaired) electrons. The number of hydrogen-bond donors (Lipinski definition) is 6. The Balaban J connectivity index is 0.000000723. The van der Waals surface area contributed by atoms with Gasteiger partial charge in [0.15, 0.2) is 11.8 Å². The summed E-state index contributed by atoms with van der Waals surface area (Å²) in [5.74, 6) is 1.16. The zero-order chi connectivity index (χ0) is 30.9. The number of pyridine rings is 2. The van der Waals surface area contributed by atoms with Crippen LogP contribution in [0.25, 0.3) is 22.1 Å². The van der Waals surface area contributed by atoms with Crippen LogP contribution in [0.3, 0.4) is 0 Å². The first-order chi connectivity index (χ1) is 20.1. The number of aromatic nitrogens is 4. The molecule has 0 saturated heterocycles. The van der Waals surface area contributed by atoms with E-state index < -0.39 is 5.97 Å². The summed E-state index contributed by atoms with van der Waals surface area (Å²) in [6.45, 7) is 3.50. The summed E-state index contributed by atoms with van der Waals surface area (Å²) >= 11 is 0. The fourth-order valence-corrected chi connectivity index (χ4v) is 4.51. The number of rotatable bonds is 18. The fourth-order valence-electron chi connectivity index (χ4n) is 4.51. The second kappa shape index (κ2) is 19.8. The van der Waals surface area contributed by atoms with Crippen LogP contribution in [0.2, 0.25) is 0 Å². The highest BCUT2D eigenvalue weighted by atomic mass is 16.4. The molecular weight excluding hydrogens is 548 g/mol. The number of Topliss-reactive ketones (excluding diaryl/α,β-unsaturated/α-hetero) is 1. The van der Waals surface area contributed by atoms with E-state index in [-0.39, 0.29) is 31.4 Å². The molecule has 3 aromatic heterocycles. The number of ketones is 1. The van der Waals surface area contributed by atoms with Gasteiger partial charge in [-0.2, -0.15) is 0 Å². The van der Waals surface area contributed by atoms with Gasteiger partial charge in [-0.1, -0.05) is 27.2 Å². The summed E-state index contributed by atoms with van der Waals surface area (Å²) in [5, 5.41) is 15.0. The minimum atomic E-state index is -0.788. The standard InChI is InChI=1S/C23H34N8O.C6H12N2O2.CH4/c1-2-3-12-18-30-20-21(19-17(29-22(20)24)11-8-13-27-19)31(18)15-6-4-5-9-16(32)10-7-14-28-23(25)26;7-5(8)3-1-2-4-6(9)10;/h8,11,13H,2-7,9-10,12,14-15H2,1H3,(H2,24,29)(H4,25,26,28);1-4H2,(H3,7,8)(H,9,10);1H4. The van der Waals surface area contributed by atoms with Crippen LogP contribution < -0.4 is 22.9 Å². The molecule has 0 spiro atoms. The van der Waals surface area contributed by atoms with Crippen LogP contribution in [0.5, 0.6) is 0 Å². The fraction of sp³-hybridized carbons (Fsp3) is 0.567. The van der Waals surface area contributed by atoms with Crippen LogP contribution in [0.15, 0.2) is 23.3 Å². The lowest BCUT2D eigenvalue weighted by Crippen LogP contribution is -2.23. The van der Waals surface area contributed by atoms with E-state index >= 15 is 0 Å². The first kappa shape index (κ1) is 36.7. The van der Waals surface area contributed by atoms with Crippen molar-refractivity contribution in [3.05, 3.63) is 24.2 Å². The van der Waals surface area contributed by atoms with Gasteiger partial charge in [-0.15, -0.1) is 0 Å². The molecule has 0 amide bonds. The number of nitrogens with two attached hydrogens (primary N) is 4. The molecule has 3 rings (SSSR count). The maximum Gasteiger partial charge on any atom is 0.303 e. The number of anilines is 1. The Labute approximate surface area is 254 Å². The Morgan fingerprint density at radius 2 is 1.65 bits per heavy atom. The highest BCUT2D eigenvalue weighted by Crippen LogP contribution is 2.28. The SMILES string of the molecule is C.CCCCc1nc2c(N)nc3cccnc3c2n1CCCCCC(=O)CCCN=C(N)N.N=C(N)CCCCC(=O)O. The molecular formula is C30H50N10O3. The van der Waals surface area contributed by atoms with Crippen molar-refractivity contribution in [3.63, 3.8) is 0 Å². The second-order valence-electron chi connectivity index (χ2n) is 10.2. The van der Waals surface area contributed by atoms with Gasteiger partial charge in [0.25, 0.3) is 0 Å². The Morgan fingerprint density at radius 1 is 0.953 bits per heavy atom. The minimum Gasteiger partial charge on any atom is -0.481 e. The lowest BCUT2D eigenvalue weighted by molar-refractivity contribution is -0.137. The highest BCUT2D eigenvalue weighted by molar-refractivity contribution is 6.04. The zero-order valence-corrected chi connectivity index (χ0v) is 24.6. The largest absolute Gasteiger partial charge is 0.481 e. The molecule has 13 heteroatoms. The van der Waals surface area contributed by atoms with E-state index in [1.165, 1.54) is 0 Å². The van der Waals surface area contributed by atoms with Gasteiger partial charge in [0.2, 0.25) is 0 Å². The van der Waals surface area contributed by atoms with E-state index in [1.54, 1.807) is 6.20 Å². The van der Waals surface area contributed by atoms with Gasteiger partial charge in [-0.05, 0) is 50.7 Å². The lowest BCUT2D eigenvalue weighted by atomic mass is 10.1. The lowest BCUT2D eigenvalue weighted by Gasteiger charge is -2.10. The number of carbonyl (C=O) groups excluding carboxylic acids is 1. The number of guanidine groups is 1. The number of aryl methyl sites for hydroxylation is 2. The maximum absolute atomic E-state index is 12.1. The molecule has 0 unspecified atom stereocenters. The van der Waals surface area contributed by atoms with Crippen molar-refractivity contribution in [2.45, 2.75) is 104 Å². The summed E-state index contributed by atoms with van der Waals surface area (Å²) < 4.78 is 2.26. The van der Waals surface area contributed by atoms with E-state index in [4.69, 9.17) is 38.4 Å². The summed E-state index contributed by atoms with van der Waals surface area (Å²) in [4.78, 5) is 39.8. The topological polar surface area (TPSA) is 238 Å². The number of carboxylic acids is 1. The highest BCUT2D eigenvalue weighted by Gasteiger charge is 2.17. The third-order valence-corrected chi connectivity index (χ3v) is 6.63. The average Bonchev–Trinajstić information content (AvgIpc) is 3.31. The Hall–Kier alpha value is -4.29. The third-order valence-electron chi connectivity index (χ3n) is 6.63. The van der Waals surface area contributed by atoms with Crippen LogP contribution in [0.4, 0.5) is 5.82 Å². The molecule has 0 atom stereocenters. The van der Waals surface area contributed by atoms with Crippen LogP contribution >= 0.6 is 0 Å². The van der Waals surface area contributed by atoms with Gasteiger partial charge >= 0.3 is 5.97 Å². The summed E-state index contributed by atoms with van der Waals surface area (Å²) in [7, 11) is 0. The molecule has 43 heavy (non-hydrogen) atoms. The van der Waals surface area contributed by atoms with Gasteiger partial charge in [-0.3, -0.25) is 25.0 Å². The Bertz CT molecular complexity index is 1330. The molecule has 10 N–H and O–H groups in total. The number of fused-ring (bicyclic) bond motifs is 3. The van der Waals surface area contributed by atoms with Gasteiger partial charge in [-0.25, -0.2) is 9.97 Å². The molecule has 3 heterocycles. The number of carbonyl (C=O) groups is 2. The molecule has 3 aromatic rings. The quantitative estimate of drug-likeness (QED) is 0.0689. The van der Waals surface area contributed by atoms with Crippen LogP contribution in [-0.2, 0) is 22.6 Å². The van der Waals surface area contributed by atoms with Gasteiger partial charge in [0.05, 0.1) is 11.4 Å². The number of nitrogen functional groups attached to an aromatic ring is 1. The number of imidazole rings is 1. The van der Waals surface area contributed by atoms with Gasteiger partial charge in [0.1, 0.15) is 28.2 Å². The molecule has 0 bridgehead atoms. The maximum atomic E-state index is 12.1. The number of hydrogen-bond acceptors (Lipinski definition) is 8. The normalized spacial score (nSPS) is 10.5. The first-order valence-corrected chi connectivity index (χ1v) is 14.6. The molecule has 0 aromatic carbocycles. The number of aliphatic carboxylic acids is 1. The van der Waals surface area contributed by atoms with Crippen molar-refractivity contribution >= 4 is 51.4 Å². The van der Waals surface area contributed by atoms with E-state index in [9.17, 15) is 9.59 Å². The van der Waals surface area contributed by atoms with Crippen molar-refractivity contribution in [1.82, 2.24) is 19.5 Å². The van der Waals surface area contributed by atoms with E-state index in [2.05, 4.69) is 26.5 Å². The number of nitrogens with zero attached hydrogens (tertiary/aromatic N) is 5. The minimum absolute atomic E-state index is 0. The van der Waals surface area contributed by atoms with Gasteiger partial charge < -0.3 is 32.6 Å². The zero-order valence-electron chi connectivity index (χ0n) is 24.6. The Kier molecular flexibility index (Phi) is 16.9. The molecule has 13 nitrogen and oxygen atoms in total. The van der Waals surface area contributed by atoms with E-state index in [0.29, 0.717) is 50.9 Å². The molecule has 0 aliphatic carbocycles. The van der Waals surface area contributed by atoms with Crippen molar-refractivity contribution in [3.8, 4) is 0 Å². The van der Waals surface area contributed by atoms with Crippen molar-refractivity contribution in [1.29, 1.82) is 5.41 Å². The predicted octanol–water partition coefficient (Wildman–Crippen LogP) is 4.29. The number of nitrogens with one attached hydrogen (secondary N) is 1. The number of unbranched alkanes of at least 4 members (excludes halogenated alkanes) is 4. The molecule has 238 valence electrons. The number of aliphatic imine (C=N–C) groups is 1. The van der Waals surface area contributed by atoms with Crippen LogP contribution in [-0.4, -0.2) is 54.7 Å². The Morgan fingerprint density at radius 3 is 2.33 bits per heavy atom. The predicted molar refractivity (Wildman–Crippen MR) is 174 cm³/mol. The smallest absolute Gasteiger partial charge is 0.303 e. The monoisotopic (exact) mass is 598 g/mol. The molecule has 0 fully saturated rings. The number of carboxylic acid groups (broad SMARTS) is 1. The van der Waals surface area contributed by atoms with Crippen molar-refractivity contribution < 1.29 is 14.7 Å². The van der Waals surface area contributed by atoms with Gasteiger partial charge in [0, 0.05) is 51.4 Å². The van der Waals surface area contributed by atoms with Crippen molar-refractivity contribution in [2.24, 2.45) is 22.2 Å². The summed E-state index contributed by atoms with van der Waals surface area (Å²) in [5.41, 5.74) is 25.2. The van der Waals surface area contributed by atoms with Crippen LogP contribution in [0.1, 0.15) is 97.2 Å². The molecule has 0 aliphatic rings. The second-order valence-corrected chi connectivity index (χ2v) is 10.2. The summed E-state index contributed by atoms with van der Waals surface area (Å²) in [6.07, 6.45) is 11.4. The average molecular weight is 599 g/mol. The first-order valence-electron chi connectivity index (χ1n) is 14.6. The molecule has 0 aliphatic heterocycles. The van der Waals surface area contributed by atoms with E-state index in [0.717, 1.165) is 73.0 Å². The van der Waals surface area contributed by atoms with Crippen molar-refractivity contribution in [2.75, 3.05) is 12.3 Å². The van der Waals surface area contributed by atoms with Crippen LogP contribution in [0, 0.1) is 5.41 Å². The third kappa shape index (κ3) is 13.0. The number of amidine groups is 1. The molecule has 0 saturated carbocycles. The van der Waals surface area contributed by atoms with E-state index in [1.807, 2.05) is 12.1 Å².